The van der Waals surface area contributed by atoms with Gasteiger partial charge < -0.3 is 5.11 Å². The number of aromatic nitrogens is 1. The highest BCUT2D eigenvalue weighted by molar-refractivity contribution is 7.13. The van der Waals surface area contributed by atoms with Crippen molar-refractivity contribution in [2.45, 2.75) is 32.9 Å². The molecule has 5 heteroatoms. The van der Waals surface area contributed by atoms with Crippen LogP contribution in [0.2, 0.25) is 5.02 Å². The molecule has 0 saturated heterocycles. The van der Waals surface area contributed by atoms with E-state index in [4.69, 9.17) is 11.6 Å². The van der Waals surface area contributed by atoms with Gasteiger partial charge in [-0.25, -0.2) is 4.98 Å². The number of halogens is 1. The average molecular weight is 325 g/mol. The summed E-state index contributed by atoms with van der Waals surface area (Å²) in [5.74, 6) is 0. The fourth-order valence-electron chi connectivity index (χ4n) is 2.19. The molecule has 1 aromatic heterocycles. The molecule has 0 amide bonds. The number of aliphatic hydroxyl groups is 1. The third-order valence-corrected chi connectivity index (χ3v) is 4.35. The first-order valence-corrected chi connectivity index (χ1v) is 8.29. The first-order valence-electron chi connectivity index (χ1n) is 7.03. The van der Waals surface area contributed by atoms with Crippen molar-refractivity contribution >= 4 is 22.9 Å². The summed E-state index contributed by atoms with van der Waals surface area (Å²) in [6, 6.07) is 7.75. The third-order valence-electron chi connectivity index (χ3n) is 3.10. The number of hydrogen-bond acceptors (Lipinski definition) is 4. The summed E-state index contributed by atoms with van der Waals surface area (Å²) in [6.07, 6.45) is 0. The summed E-state index contributed by atoms with van der Waals surface area (Å²) < 4.78 is 0. The Hall–Kier alpha value is -0.940. The van der Waals surface area contributed by atoms with Crippen LogP contribution in [0.4, 0.5) is 0 Å². The fraction of sp³-hybridized carbons (Fsp3) is 0.438. The van der Waals surface area contributed by atoms with Gasteiger partial charge in [-0.1, -0.05) is 36.7 Å². The SMILES string of the molecule is CCN(Cc1csc(-c2ccccc2Cl)n1)CC(C)(C)O. The molecule has 0 aliphatic rings. The molecule has 0 unspecified atom stereocenters. The number of benzene rings is 1. The van der Waals surface area contributed by atoms with Crippen LogP contribution in [0, 0.1) is 0 Å². The van der Waals surface area contributed by atoms with Crippen molar-refractivity contribution in [2.75, 3.05) is 13.1 Å². The van der Waals surface area contributed by atoms with Crippen LogP contribution < -0.4 is 0 Å². The molecule has 0 aliphatic heterocycles. The van der Waals surface area contributed by atoms with E-state index >= 15 is 0 Å². The first-order chi connectivity index (χ1) is 9.89. The number of hydrogen-bond donors (Lipinski definition) is 1. The molecule has 0 spiro atoms. The number of rotatable bonds is 6. The van der Waals surface area contributed by atoms with Crippen molar-refractivity contribution in [3.8, 4) is 10.6 Å². The molecule has 0 atom stereocenters. The topological polar surface area (TPSA) is 36.4 Å². The molecule has 0 fully saturated rings. The highest BCUT2D eigenvalue weighted by Gasteiger charge is 2.18. The summed E-state index contributed by atoms with van der Waals surface area (Å²) in [6.45, 7) is 7.98. The van der Waals surface area contributed by atoms with Crippen LogP contribution in [0.3, 0.4) is 0 Å². The van der Waals surface area contributed by atoms with Crippen LogP contribution in [0.5, 0.6) is 0 Å². The van der Waals surface area contributed by atoms with E-state index in [1.54, 1.807) is 11.3 Å². The van der Waals surface area contributed by atoms with Crippen LogP contribution in [-0.4, -0.2) is 33.7 Å². The normalized spacial score (nSPS) is 12.1. The highest BCUT2D eigenvalue weighted by Crippen LogP contribution is 2.30. The van der Waals surface area contributed by atoms with E-state index in [-0.39, 0.29) is 0 Å². The molecule has 2 rings (SSSR count). The maximum Gasteiger partial charge on any atom is 0.125 e. The Kier molecular flexibility index (Phi) is 5.38. The minimum absolute atomic E-state index is 0.627. The lowest BCUT2D eigenvalue weighted by Gasteiger charge is -2.27. The molecule has 2 aromatic rings. The van der Waals surface area contributed by atoms with Gasteiger partial charge in [-0.05, 0) is 26.5 Å². The standard InChI is InChI=1S/C16H21ClN2OS/c1-4-19(11-16(2,3)20)9-12-10-21-15(18-12)13-7-5-6-8-14(13)17/h5-8,10,20H,4,9,11H2,1-3H3. The number of likely N-dealkylation sites (N-methyl/N-ethyl adjacent to an activating group) is 1. The molecule has 21 heavy (non-hydrogen) atoms. The van der Waals surface area contributed by atoms with Crippen molar-refractivity contribution in [3.05, 3.63) is 40.4 Å². The van der Waals surface area contributed by atoms with E-state index in [2.05, 4.69) is 22.2 Å². The largest absolute Gasteiger partial charge is 0.389 e. The summed E-state index contributed by atoms with van der Waals surface area (Å²) in [5.41, 5.74) is 1.29. The fourth-order valence-corrected chi connectivity index (χ4v) is 3.32. The second-order valence-corrected chi connectivity index (χ2v) is 7.00. The van der Waals surface area contributed by atoms with Crippen LogP contribution in [0.25, 0.3) is 10.6 Å². The van der Waals surface area contributed by atoms with Gasteiger partial charge in [0.25, 0.3) is 0 Å². The summed E-state index contributed by atoms with van der Waals surface area (Å²) in [5, 5.41) is 13.7. The minimum atomic E-state index is -0.697. The predicted molar refractivity (Wildman–Crippen MR) is 89.8 cm³/mol. The molecule has 1 heterocycles. The van der Waals surface area contributed by atoms with Gasteiger partial charge in [0.15, 0.2) is 0 Å². The van der Waals surface area contributed by atoms with Gasteiger partial charge in [0.1, 0.15) is 5.01 Å². The lowest BCUT2D eigenvalue weighted by Crippen LogP contribution is -2.38. The maximum absolute atomic E-state index is 9.94. The average Bonchev–Trinajstić information content (AvgIpc) is 2.85. The Balaban J connectivity index is 2.11. The van der Waals surface area contributed by atoms with Gasteiger partial charge in [0.05, 0.1) is 16.3 Å². The van der Waals surface area contributed by atoms with Gasteiger partial charge in [0.2, 0.25) is 0 Å². The minimum Gasteiger partial charge on any atom is -0.389 e. The Bertz CT molecular complexity index is 592. The van der Waals surface area contributed by atoms with Crippen LogP contribution in [0.15, 0.2) is 29.6 Å². The number of thiazole rings is 1. The highest BCUT2D eigenvalue weighted by atomic mass is 35.5. The second kappa shape index (κ2) is 6.88. The van der Waals surface area contributed by atoms with Crippen molar-refractivity contribution in [2.24, 2.45) is 0 Å². The summed E-state index contributed by atoms with van der Waals surface area (Å²) in [7, 11) is 0. The smallest absolute Gasteiger partial charge is 0.125 e. The van der Waals surface area contributed by atoms with E-state index in [0.29, 0.717) is 6.54 Å². The van der Waals surface area contributed by atoms with E-state index in [9.17, 15) is 5.11 Å². The summed E-state index contributed by atoms with van der Waals surface area (Å²) >= 11 is 7.81. The Morgan fingerprint density at radius 2 is 2.05 bits per heavy atom. The second-order valence-electron chi connectivity index (χ2n) is 5.74. The van der Waals surface area contributed by atoms with Crippen molar-refractivity contribution in [3.63, 3.8) is 0 Å². The first kappa shape index (κ1) is 16.4. The molecular weight excluding hydrogens is 304 g/mol. The van der Waals surface area contributed by atoms with E-state index in [1.165, 1.54) is 0 Å². The molecule has 0 saturated carbocycles. The lowest BCUT2D eigenvalue weighted by atomic mass is 10.1. The van der Waals surface area contributed by atoms with Gasteiger partial charge >= 0.3 is 0 Å². The van der Waals surface area contributed by atoms with Crippen LogP contribution in [-0.2, 0) is 6.54 Å². The van der Waals surface area contributed by atoms with Crippen molar-refractivity contribution in [1.29, 1.82) is 0 Å². The van der Waals surface area contributed by atoms with Crippen LogP contribution in [0.1, 0.15) is 26.5 Å². The quantitative estimate of drug-likeness (QED) is 0.870. The molecule has 0 aliphatic carbocycles. The molecule has 1 aromatic carbocycles. The number of nitrogens with zero attached hydrogens (tertiary/aromatic N) is 2. The monoisotopic (exact) mass is 324 g/mol. The van der Waals surface area contributed by atoms with Gasteiger partial charge in [0, 0.05) is 24.0 Å². The zero-order valence-electron chi connectivity index (χ0n) is 12.6. The lowest BCUT2D eigenvalue weighted by molar-refractivity contribution is 0.0350. The molecular formula is C16H21ClN2OS. The molecule has 3 nitrogen and oxygen atoms in total. The van der Waals surface area contributed by atoms with Crippen molar-refractivity contribution in [1.82, 2.24) is 9.88 Å². The Morgan fingerprint density at radius 3 is 2.67 bits per heavy atom. The summed E-state index contributed by atoms with van der Waals surface area (Å²) in [4.78, 5) is 6.86. The maximum atomic E-state index is 9.94. The van der Waals surface area contributed by atoms with E-state index in [0.717, 1.165) is 34.4 Å². The predicted octanol–water partition coefficient (Wildman–Crippen LogP) is 4.06. The van der Waals surface area contributed by atoms with Crippen molar-refractivity contribution < 1.29 is 5.11 Å². The zero-order valence-corrected chi connectivity index (χ0v) is 14.2. The Labute approximate surface area is 135 Å². The molecule has 0 radical (unpaired) electrons. The Morgan fingerprint density at radius 1 is 1.33 bits per heavy atom. The van der Waals surface area contributed by atoms with E-state index < -0.39 is 5.60 Å². The van der Waals surface area contributed by atoms with Gasteiger partial charge in [-0.2, -0.15) is 0 Å². The molecule has 114 valence electrons. The van der Waals surface area contributed by atoms with Gasteiger partial charge in [-0.3, -0.25) is 4.90 Å². The van der Waals surface area contributed by atoms with Crippen LogP contribution >= 0.6 is 22.9 Å². The zero-order chi connectivity index (χ0) is 15.5. The third kappa shape index (κ3) is 4.78. The van der Waals surface area contributed by atoms with Gasteiger partial charge in [-0.15, -0.1) is 11.3 Å². The van der Waals surface area contributed by atoms with E-state index in [1.807, 2.05) is 38.1 Å². The molecule has 0 bridgehead atoms. The molecule has 1 N–H and O–H groups in total.